The number of amidine groups is 1. The van der Waals surface area contributed by atoms with E-state index in [1.807, 2.05) is 53.7 Å². The lowest BCUT2D eigenvalue weighted by Crippen LogP contribution is -2.38. The summed E-state index contributed by atoms with van der Waals surface area (Å²) >= 11 is 0. The predicted octanol–water partition coefficient (Wildman–Crippen LogP) is 3.87. The molecule has 0 spiro atoms. The van der Waals surface area contributed by atoms with Crippen LogP contribution in [0.25, 0.3) is 0 Å². The summed E-state index contributed by atoms with van der Waals surface area (Å²) in [6.45, 7) is 13.9. The maximum atomic E-state index is 11.5. The van der Waals surface area contributed by atoms with Gasteiger partial charge in [-0.2, -0.15) is 0 Å². The monoisotopic (exact) mass is 319 g/mol. The van der Waals surface area contributed by atoms with Crippen LogP contribution in [0.3, 0.4) is 0 Å². The molecule has 0 aliphatic carbocycles. The Morgan fingerprint density at radius 2 is 1.52 bits per heavy atom. The van der Waals surface area contributed by atoms with E-state index in [9.17, 15) is 9.90 Å². The van der Waals surface area contributed by atoms with E-state index < -0.39 is 6.03 Å². The number of nitrogens with one attached hydrogen (secondary N) is 1. The van der Waals surface area contributed by atoms with Crippen LogP contribution in [0.1, 0.15) is 65.2 Å². The summed E-state index contributed by atoms with van der Waals surface area (Å²) in [7, 11) is 0. The van der Waals surface area contributed by atoms with Crippen LogP contribution in [0.15, 0.2) is 12.1 Å². The van der Waals surface area contributed by atoms with E-state index in [0.29, 0.717) is 5.75 Å². The Balaban J connectivity index is 3.50. The molecule has 5 heteroatoms. The van der Waals surface area contributed by atoms with Gasteiger partial charge in [0, 0.05) is 0 Å². The van der Waals surface area contributed by atoms with Crippen LogP contribution in [0.5, 0.6) is 5.75 Å². The molecular formula is C18H29N3O2. The SMILES string of the molecule is CC(=N)N(Cc1cc(C(C)(C)C)c(O)c(C(C)(C)C)c1)C(N)=O. The highest BCUT2D eigenvalue weighted by atomic mass is 16.3. The van der Waals surface area contributed by atoms with Gasteiger partial charge in [0.1, 0.15) is 11.6 Å². The molecule has 23 heavy (non-hydrogen) atoms. The third-order valence-corrected chi connectivity index (χ3v) is 3.80. The van der Waals surface area contributed by atoms with E-state index in [4.69, 9.17) is 11.1 Å². The summed E-state index contributed by atoms with van der Waals surface area (Å²) in [6, 6.07) is 3.13. The number of hydrogen-bond donors (Lipinski definition) is 3. The van der Waals surface area contributed by atoms with Crippen molar-refractivity contribution >= 4 is 11.9 Å². The topological polar surface area (TPSA) is 90.4 Å². The molecule has 0 unspecified atom stereocenters. The number of phenols is 1. The minimum atomic E-state index is -0.653. The zero-order valence-corrected chi connectivity index (χ0v) is 15.2. The first-order valence-corrected chi connectivity index (χ1v) is 7.74. The molecule has 0 aromatic heterocycles. The molecule has 0 saturated carbocycles. The molecule has 0 aliphatic heterocycles. The summed E-state index contributed by atoms with van der Waals surface area (Å²) in [5.41, 5.74) is 7.38. The van der Waals surface area contributed by atoms with Gasteiger partial charge in [0.05, 0.1) is 6.54 Å². The highest BCUT2D eigenvalue weighted by Gasteiger charge is 2.27. The van der Waals surface area contributed by atoms with E-state index in [1.54, 1.807) is 0 Å². The van der Waals surface area contributed by atoms with Crippen LogP contribution in [0.2, 0.25) is 0 Å². The zero-order chi connectivity index (χ0) is 18.2. The van der Waals surface area contributed by atoms with Crippen molar-refractivity contribution in [2.75, 3.05) is 0 Å². The highest BCUT2D eigenvalue weighted by molar-refractivity contribution is 5.93. The number of rotatable bonds is 2. The first-order chi connectivity index (χ1) is 10.2. The van der Waals surface area contributed by atoms with E-state index in [1.165, 1.54) is 11.8 Å². The first-order valence-electron chi connectivity index (χ1n) is 7.74. The van der Waals surface area contributed by atoms with Crippen molar-refractivity contribution in [2.24, 2.45) is 5.73 Å². The van der Waals surface area contributed by atoms with Gasteiger partial charge in [0.25, 0.3) is 0 Å². The summed E-state index contributed by atoms with van der Waals surface area (Å²) in [4.78, 5) is 12.7. The van der Waals surface area contributed by atoms with Crippen LogP contribution in [0, 0.1) is 5.41 Å². The largest absolute Gasteiger partial charge is 0.507 e. The van der Waals surface area contributed by atoms with Gasteiger partial charge in [-0.1, -0.05) is 41.5 Å². The van der Waals surface area contributed by atoms with Crippen molar-refractivity contribution in [3.63, 3.8) is 0 Å². The van der Waals surface area contributed by atoms with Gasteiger partial charge in [0.2, 0.25) is 0 Å². The first kappa shape index (κ1) is 19.0. The molecule has 0 radical (unpaired) electrons. The van der Waals surface area contributed by atoms with Crippen LogP contribution < -0.4 is 5.73 Å². The summed E-state index contributed by atoms with van der Waals surface area (Å²) in [5, 5.41) is 18.4. The second-order valence-corrected chi connectivity index (χ2v) is 8.05. The standard InChI is InChI=1S/C18H29N3O2/c1-11(19)21(16(20)23)10-12-8-13(17(2,3)4)15(22)14(9-12)18(5,6)7/h8-9,19,22H,10H2,1-7H3,(H2,20,23). The van der Waals surface area contributed by atoms with Gasteiger partial charge in [-0.05, 0) is 46.6 Å². The van der Waals surface area contributed by atoms with Crippen LogP contribution in [0.4, 0.5) is 4.79 Å². The van der Waals surface area contributed by atoms with Gasteiger partial charge in [-0.15, -0.1) is 0 Å². The number of aromatic hydroxyl groups is 1. The molecule has 0 heterocycles. The molecule has 1 aromatic carbocycles. The van der Waals surface area contributed by atoms with Gasteiger partial charge < -0.3 is 10.8 Å². The molecule has 128 valence electrons. The molecule has 0 atom stereocenters. The third-order valence-electron chi connectivity index (χ3n) is 3.80. The van der Waals surface area contributed by atoms with E-state index in [2.05, 4.69) is 0 Å². The zero-order valence-electron chi connectivity index (χ0n) is 15.2. The quantitative estimate of drug-likeness (QED) is 0.570. The second-order valence-electron chi connectivity index (χ2n) is 8.05. The second kappa shape index (κ2) is 6.22. The molecule has 4 N–H and O–H groups in total. The fourth-order valence-electron chi connectivity index (χ4n) is 2.47. The lowest BCUT2D eigenvalue weighted by atomic mass is 9.78. The molecule has 0 bridgehead atoms. The van der Waals surface area contributed by atoms with Crippen molar-refractivity contribution in [1.29, 1.82) is 5.41 Å². The Morgan fingerprint density at radius 3 is 1.78 bits per heavy atom. The van der Waals surface area contributed by atoms with Crippen molar-refractivity contribution < 1.29 is 9.90 Å². The van der Waals surface area contributed by atoms with Crippen LogP contribution in [-0.2, 0) is 17.4 Å². The molecule has 0 aliphatic rings. The number of phenolic OH excluding ortho intramolecular Hbond substituents is 1. The predicted molar refractivity (Wildman–Crippen MR) is 94.0 cm³/mol. The number of carbonyl (C=O) groups excluding carboxylic acids is 1. The number of urea groups is 1. The average Bonchev–Trinajstić information content (AvgIpc) is 2.33. The Bertz CT molecular complexity index is 573. The minimum Gasteiger partial charge on any atom is -0.507 e. The lowest BCUT2D eigenvalue weighted by Gasteiger charge is -2.29. The molecular weight excluding hydrogens is 290 g/mol. The molecule has 1 rings (SSSR count). The number of primary amides is 1. The van der Waals surface area contributed by atoms with Gasteiger partial charge in [-0.25, -0.2) is 4.79 Å². The smallest absolute Gasteiger partial charge is 0.320 e. The van der Waals surface area contributed by atoms with Crippen LogP contribution >= 0.6 is 0 Å². The number of nitrogens with two attached hydrogens (primary N) is 1. The number of hydrogen-bond acceptors (Lipinski definition) is 3. The average molecular weight is 319 g/mol. The fourth-order valence-corrected chi connectivity index (χ4v) is 2.47. The van der Waals surface area contributed by atoms with Gasteiger partial charge in [0.15, 0.2) is 0 Å². The number of nitrogens with zero attached hydrogens (tertiary/aromatic N) is 1. The van der Waals surface area contributed by atoms with Gasteiger partial charge >= 0.3 is 6.03 Å². The molecule has 2 amide bonds. The molecule has 0 fully saturated rings. The highest BCUT2D eigenvalue weighted by Crippen LogP contribution is 2.39. The summed E-state index contributed by atoms with van der Waals surface area (Å²) in [6.07, 6.45) is 0. The maximum Gasteiger partial charge on any atom is 0.320 e. The van der Waals surface area contributed by atoms with Gasteiger partial charge in [-0.3, -0.25) is 10.3 Å². The fraction of sp³-hybridized carbons (Fsp3) is 0.556. The molecule has 1 aromatic rings. The minimum absolute atomic E-state index is 0.0974. The maximum absolute atomic E-state index is 11.5. The Labute approximate surface area is 139 Å². The van der Waals surface area contributed by atoms with Crippen molar-refractivity contribution in [3.05, 3.63) is 28.8 Å². The van der Waals surface area contributed by atoms with Crippen LogP contribution in [-0.4, -0.2) is 21.9 Å². The lowest BCUT2D eigenvalue weighted by molar-refractivity contribution is 0.228. The van der Waals surface area contributed by atoms with Crippen molar-refractivity contribution in [1.82, 2.24) is 4.90 Å². The summed E-state index contributed by atoms with van der Waals surface area (Å²) < 4.78 is 0. The molecule has 5 nitrogen and oxygen atoms in total. The summed E-state index contributed by atoms with van der Waals surface area (Å²) in [5.74, 6) is 0.395. The normalized spacial score (nSPS) is 12.1. The Hall–Kier alpha value is -2.04. The molecule has 0 saturated heterocycles. The van der Waals surface area contributed by atoms with Crippen molar-refractivity contribution in [3.8, 4) is 5.75 Å². The number of carbonyl (C=O) groups is 1. The number of benzene rings is 1. The van der Waals surface area contributed by atoms with E-state index >= 15 is 0 Å². The third kappa shape index (κ3) is 4.47. The van der Waals surface area contributed by atoms with Crippen molar-refractivity contribution in [2.45, 2.75) is 65.8 Å². The Kier molecular flexibility index (Phi) is 5.14. The number of amides is 2. The van der Waals surface area contributed by atoms with E-state index in [0.717, 1.165) is 16.7 Å². The Morgan fingerprint density at radius 1 is 1.13 bits per heavy atom. The van der Waals surface area contributed by atoms with E-state index in [-0.39, 0.29) is 23.2 Å².